The first-order valence-electron chi connectivity index (χ1n) is 8.61. The predicted molar refractivity (Wildman–Crippen MR) is 105 cm³/mol. The van der Waals surface area contributed by atoms with Gasteiger partial charge in [0.2, 0.25) is 5.88 Å². The maximum absolute atomic E-state index is 12.9. The molecule has 0 spiro atoms. The lowest BCUT2D eigenvalue weighted by Gasteiger charge is -2.29. The average molecular weight is 379 g/mol. The van der Waals surface area contributed by atoms with Crippen LogP contribution in [0.25, 0.3) is 0 Å². The van der Waals surface area contributed by atoms with Crippen molar-refractivity contribution in [3.8, 4) is 5.88 Å². The summed E-state index contributed by atoms with van der Waals surface area (Å²) < 4.78 is 5.16. The van der Waals surface area contributed by atoms with Crippen molar-refractivity contribution in [3.63, 3.8) is 0 Å². The van der Waals surface area contributed by atoms with E-state index in [4.69, 9.17) is 10.5 Å². The van der Waals surface area contributed by atoms with Crippen LogP contribution in [0.1, 0.15) is 24.1 Å². The Morgan fingerprint density at radius 2 is 2.04 bits per heavy atom. The number of allylic oxidation sites excluding steroid dienone is 2. The predicted octanol–water partition coefficient (Wildman–Crippen LogP) is 2.36. The number of hydrogen-bond acceptors (Lipinski definition) is 6. The number of rotatable bonds is 3. The van der Waals surface area contributed by atoms with Gasteiger partial charge in [0.05, 0.1) is 25.0 Å². The van der Waals surface area contributed by atoms with E-state index in [-0.39, 0.29) is 0 Å². The normalized spacial score (nSPS) is 15.8. The highest BCUT2D eigenvalue weighted by Crippen LogP contribution is 2.29. The van der Waals surface area contributed by atoms with E-state index in [1.165, 1.54) is 18.2 Å². The third-order valence-electron chi connectivity index (χ3n) is 4.30. The van der Waals surface area contributed by atoms with Crippen molar-refractivity contribution >= 4 is 23.3 Å². The molecule has 2 aromatic rings. The molecule has 144 valence electrons. The van der Waals surface area contributed by atoms with Crippen molar-refractivity contribution < 1.29 is 14.3 Å². The molecule has 3 rings (SSSR count). The van der Waals surface area contributed by atoms with E-state index < -0.39 is 17.9 Å². The number of anilines is 2. The smallest absolute Gasteiger partial charge is 0.317 e. The fraction of sp³-hybridized carbons (Fsp3) is 0.200. The van der Waals surface area contributed by atoms with Crippen LogP contribution in [0, 0.1) is 6.92 Å². The zero-order chi connectivity index (χ0) is 20.3. The Labute approximate surface area is 162 Å². The Kier molecular flexibility index (Phi) is 5.39. The van der Waals surface area contributed by atoms with Crippen LogP contribution in [-0.4, -0.2) is 33.8 Å². The molecular weight excluding hydrogens is 358 g/mol. The van der Waals surface area contributed by atoms with Gasteiger partial charge in [0, 0.05) is 18.5 Å². The van der Waals surface area contributed by atoms with Gasteiger partial charge in [0.15, 0.2) is 0 Å². The van der Waals surface area contributed by atoms with Gasteiger partial charge in [-0.2, -0.15) is 0 Å². The van der Waals surface area contributed by atoms with Crippen molar-refractivity contribution in [2.45, 2.75) is 19.9 Å². The second-order valence-corrected chi connectivity index (χ2v) is 6.40. The minimum atomic E-state index is -0.767. The molecule has 1 aliphatic heterocycles. The van der Waals surface area contributed by atoms with Crippen LogP contribution in [0.3, 0.4) is 0 Å². The lowest BCUT2D eigenvalue weighted by molar-refractivity contribution is -0.142. The Bertz CT molecular complexity index is 984. The fourth-order valence-electron chi connectivity index (χ4n) is 2.81. The molecule has 0 aromatic carbocycles. The number of methoxy groups -OCH3 is 1. The molecule has 0 unspecified atom stereocenters. The van der Waals surface area contributed by atoms with E-state index in [2.05, 4.69) is 15.3 Å². The number of hydrogen-bond donors (Lipinski definition) is 2. The molecule has 28 heavy (non-hydrogen) atoms. The van der Waals surface area contributed by atoms with Crippen LogP contribution < -0.4 is 15.8 Å². The number of nitrogens with two attached hydrogens (primary N) is 1. The summed E-state index contributed by atoms with van der Waals surface area (Å²) in [6.45, 7) is 3.62. The van der Waals surface area contributed by atoms with Crippen LogP contribution in [0.15, 0.2) is 54.5 Å². The Balaban J connectivity index is 1.84. The highest BCUT2D eigenvalue weighted by Gasteiger charge is 2.29. The topological polar surface area (TPSA) is 110 Å². The van der Waals surface area contributed by atoms with Gasteiger partial charge >= 0.3 is 11.8 Å². The number of aromatic nitrogens is 2. The molecule has 2 amide bonds. The standard InChI is InChI=1S/C20H21N5O3/c1-12-4-5-16(14-6-7-22-17(9-14)28-3)25(11-12)20(27)19(26)24-15-8-13(2)18(21)23-10-15/h4-11,16H,1-3H3,(H2,21,23)(H,24,26)/t16-/m1/s1. The fourth-order valence-corrected chi connectivity index (χ4v) is 2.81. The van der Waals surface area contributed by atoms with Crippen LogP contribution >= 0.6 is 0 Å². The van der Waals surface area contributed by atoms with E-state index in [1.807, 2.05) is 19.1 Å². The van der Waals surface area contributed by atoms with Crippen molar-refractivity contribution in [1.82, 2.24) is 14.9 Å². The molecule has 3 heterocycles. The number of pyridine rings is 2. The summed E-state index contributed by atoms with van der Waals surface area (Å²) in [6, 6.07) is 4.72. The van der Waals surface area contributed by atoms with Crippen LogP contribution in [0.2, 0.25) is 0 Å². The molecule has 0 bridgehead atoms. The number of amides is 2. The Morgan fingerprint density at radius 1 is 1.25 bits per heavy atom. The second-order valence-electron chi connectivity index (χ2n) is 6.40. The lowest BCUT2D eigenvalue weighted by atomic mass is 10.0. The maximum Gasteiger partial charge on any atom is 0.317 e. The first-order chi connectivity index (χ1) is 13.4. The van der Waals surface area contributed by atoms with E-state index in [9.17, 15) is 9.59 Å². The molecule has 0 aliphatic carbocycles. The minimum Gasteiger partial charge on any atom is -0.481 e. The van der Waals surface area contributed by atoms with Gasteiger partial charge in [0.1, 0.15) is 5.82 Å². The zero-order valence-corrected chi connectivity index (χ0v) is 15.8. The Hall–Kier alpha value is -3.68. The molecule has 8 heteroatoms. The second kappa shape index (κ2) is 7.91. The summed E-state index contributed by atoms with van der Waals surface area (Å²) in [5.41, 5.74) is 8.43. The first-order valence-corrected chi connectivity index (χ1v) is 8.61. The molecule has 2 aromatic heterocycles. The van der Waals surface area contributed by atoms with E-state index >= 15 is 0 Å². The summed E-state index contributed by atoms with van der Waals surface area (Å²) in [6.07, 6.45) is 8.40. The molecule has 8 nitrogen and oxygen atoms in total. The van der Waals surface area contributed by atoms with E-state index in [0.29, 0.717) is 22.9 Å². The summed E-state index contributed by atoms with van der Waals surface area (Å²) in [5, 5.41) is 2.58. The number of nitrogens with one attached hydrogen (secondary N) is 1. The largest absolute Gasteiger partial charge is 0.481 e. The van der Waals surface area contributed by atoms with Crippen molar-refractivity contribution in [3.05, 3.63) is 65.6 Å². The SMILES string of the molecule is COc1cc([C@H]2C=CC(C)=CN2C(=O)C(=O)Nc2cnc(N)c(C)c2)ccn1. The van der Waals surface area contributed by atoms with Crippen LogP contribution in [0.4, 0.5) is 11.5 Å². The summed E-state index contributed by atoms with van der Waals surface area (Å²) in [4.78, 5) is 34.9. The highest BCUT2D eigenvalue weighted by molar-refractivity contribution is 6.39. The number of nitrogens with zero attached hydrogens (tertiary/aromatic N) is 3. The summed E-state index contributed by atoms with van der Waals surface area (Å²) in [7, 11) is 1.52. The monoisotopic (exact) mass is 379 g/mol. The zero-order valence-electron chi connectivity index (χ0n) is 15.8. The maximum atomic E-state index is 12.9. The molecule has 1 aliphatic rings. The summed E-state index contributed by atoms with van der Waals surface area (Å²) >= 11 is 0. The summed E-state index contributed by atoms with van der Waals surface area (Å²) in [5.74, 6) is -0.663. The first kappa shape index (κ1) is 19.1. The Morgan fingerprint density at radius 3 is 2.75 bits per heavy atom. The van der Waals surface area contributed by atoms with E-state index in [1.54, 1.807) is 37.5 Å². The molecule has 0 saturated carbocycles. The van der Waals surface area contributed by atoms with Gasteiger partial charge in [-0.05, 0) is 42.7 Å². The molecular formula is C20H21N5O3. The molecule has 3 N–H and O–H groups in total. The van der Waals surface area contributed by atoms with Crippen molar-refractivity contribution in [2.75, 3.05) is 18.2 Å². The lowest BCUT2D eigenvalue weighted by Crippen LogP contribution is -2.39. The minimum absolute atomic E-state index is 0.371. The number of nitrogen functional groups attached to an aromatic ring is 1. The highest BCUT2D eigenvalue weighted by atomic mass is 16.5. The van der Waals surface area contributed by atoms with Gasteiger partial charge in [-0.25, -0.2) is 9.97 Å². The quantitative estimate of drug-likeness (QED) is 0.792. The number of carbonyl (C=O) groups excluding carboxylic acids is 2. The molecule has 0 saturated heterocycles. The number of aryl methyl sites for hydroxylation is 1. The van der Waals surface area contributed by atoms with Crippen molar-refractivity contribution in [2.24, 2.45) is 0 Å². The van der Waals surface area contributed by atoms with Gasteiger partial charge in [0.25, 0.3) is 0 Å². The average Bonchev–Trinajstić information content (AvgIpc) is 2.70. The number of ether oxygens (including phenoxy) is 1. The van der Waals surface area contributed by atoms with Gasteiger partial charge in [-0.3, -0.25) is 14.5 Å². The van der Waals surface area contributed by atoms with Gasteiger partial charge in [-0.15, -0.1) is 0 Å². The van der Waals surface area contributed by atoms with Gasteiger partial charge in [-0.1, -0.05) is 12.2 Å². The van der Waals surface area contributed by atoms with E-state index in [0.717, 1.165) is 11.1 Å². The number of carbonyl (C=O) groups is 2. The van der Waals surface area contributed by atoms with Gasteiger partial charge < -0.3 is 15.8 Å². The third kappa shape index (κ3) is 4.01. The van der Waals surface area contributed by atoms with Crippen molar-refractivity contribution in [1.29, 1.82) is 0 Å². The third-order valence-corrected chi connectivity index (χ3v) is 4.30. The molecule has 1 atom stereocenters. The van der Waals surface area contributed by atoms with Crippen LogP contribution in [0.5, 0.6) is 5.88 Å². The van der Waals surface area contributed by atoms with Crippen LogP contribution in [-0.2, 0) is 9.59 Å². The molecule has 0 radical (unpaired) electrons. The molecule has 0 fully saturated rings.